The van der Waals surface area contributed by atoms with Crippen LogP contribution in [0.25, 0.3) is 0 Å². The first-order valence-electron chi connectivity index (χ1n) is 4.68. The fraction of sp³-hybridized carbons (Fsp3) is 0.800. The molecule has 0 aliphatic heterocycles. The molecule has 0 aromatic heterocycles. The molecule has 0 bridgehead atoms. The van der Waals surface area contributed by atoms with Gasteiger partial charge in [0.2, 0.25) is 5.91 Å². The first-order chi connectivity index (χ1) is 5.91. The lowest BCUT2D eigenvalue weighted by Crippen LogP contribution is -2.35. The van der Waals surface area contributed by atoms with Crippen molar-refractivity contribution in [3.05, 3.63) is 0 Å². The molecule has 1 N–H and O–H groups in total. The molecule has 0 aliphatic rings. The Morgan fingerprint density at radius 1 is 1.23 bits per heavy atom. The minimum absolute atomic E-state index is 0.00926. The van der Waals surface area contributed by atoms with Gasteiger partial charge in [0.1, 0.15) is 5.78 Å². The summed E-state index contributed by atoms with van der Waals surface area (Å²) in [5, 5.41) is 2.78. The molecule has 0 spiro atoms. The lowest BCUT2D eigenvalue weighted by molar-refractivity contribution is -0.120. The summed E-state index contributed by atoms with van der Waals surface area (Å²) in [6.45, 7) is 7.19. The van der Waals surface area contributed by atoms with Gasteiger partial charge in [0, 0.05) is 19.4 Å². The fourth-order valence-corrected chi connectivity index (χ4v) is 1.40. The molecular weight excluding hydrogens is 166 g/mol. The van der Waals surface area contributed by atoms with Crippen LogP contribution in [-0.2, 0) is 9.59 Å². The largest absolute Gasteiger partial charge is 0.353 e. The van der Waals surface area contributed by atoms with E-state index in [0.29, 0.717) is 12.3 Å². The van der Waals surface area contributed by atoms with Crippen molar-refractivity contribution in [2.24, 2.45) is 5.92 Å². The number of amides is 1. The molecule has 0 saturated carbocycles. The van der Waals surface area contributed by atoms with E-state index in [-0.39, 0.29) is 17.7 Å². The van der Waals surface area contributed by atoms with E-state index < -0.39 is 0 Å². The van der Waals surface area contributed by atoms with Crippen molar-refractivity contribution >= 4 is 11.7 Å². The van der Waals surface area contributed by atoms with Crippen LogP contribution in [0.3, 0.4) is 0 Å². The SMILES string of the molecule is CC(=O)CC(CC(C)C)NC(C)=O. The van der Waals surface area contributed by atoms with E-state index in [2.05, 4.69) is 19.2 Å². The summed E-state index contributed by atoms with van der Waals surface area (Å²) in [4.78, 5) is 21.7. The second kappa shape index (κ2) is 5.73. The highest BCUT2D eigenvalue weighted by atomic mass is 16.1. The molecule has 0 aliphatic carbocycles. The highest BCUT2D eigenvalue weighted by molar-refractivity contribution is 5.78. The van der Waals surface area contributed by atoms with Gasteiger partial charge < -0.3 is 5.32 Å². The Bertz CT molecular complexity index is 171. The second-order valence-corrected chi connectivity index (χ2v) is 3.93. The Labute approximate surface area is 79.9 Å². The van der Waals surface area contributed by atoms with Gasteiger partial charge in [0.25, 0.3) is 0 Å². The van der Waals surface area contributed by atoms with Crippen LogP contribution in [-0.4, -0.2) is 17.7 Å². The van der Waals surface area contributed by atoms with E-state index in [9.17, 15) is 9.59 Å². The number of ketones is 1. The van der Waals surface area contributed by atoms with Crippen LogP contribution < -0.4 is 5.32 Å². The van der Waals surface area contributed by atoms with E-state index in [1.54, 1.807) is 6.92 Å². The first kappa shape index (κ1) is 12.1. The summed E-state index contributed by atoms with van der Waals surface area (Å²) in [7, 11) is 0. The Kier molecular flexibility index (Phi) is 5.35. The lowest BCUT2D eigenvalue weighted by atomic mass is 9.99. The molecule has 0 fully saturated rings. The van der Waals surface area contributed by atoms with Crippen LogP contribution in [0.2, 0.25) is 0 Å². The molecular formula is C10H19NO2. The van der Waals surface area contributed by atoms with Gasteiger partial charge in [-0.3, -0.25) is 9.59 Å². The smallest absolute Gasteiger partial charge is 0.217 e. The molecule has 0 rings (SSSR count). The van der Waals surface area contributed by atoms with Gasteiger partial charge in [-0.2, -0.15) is 0 Å². The molecule has 1 unspecified atom stereocenters. The van der Waals surface area contributed by atoms with E-state index in [1.165, 1.54) is 6.92 Å². The highest BCUT2D eigenvalue weighted by Crippen LogP contribution is 2.08. The third-order valence-corrected chi connectivity index (χ3v) is 1.70. The number of nitrogens with one attached hydrogen (secondary N) is 1. The van der Waals surface area contributed by atoms with Gasteiger partial charge in [-0.05, 0) is 19.3 Å². The predicted molar refractivity (Wildman–Crippen MR) is 52.4 cm³/mol. The number of carbonyl (C=O) groups excluding carboxylic acids is 2. The first-order valence-corrected chi connectivity index (χ1v) is 4.68. The number of hydrogen-bond acceptors (Lipinski definition) is 2. The van der Waals surface area contributed by atoms with Gasteiger partial charge in [0.15, 0.2) is 0 Å². The van der Waals surface area contributed by atoms with Gasteiger partial charge >= 0.3 is 0 Å². The van der Waals surface area contributed by atoms with Crippen molar-refractivity contribution in [3.8, 4) is 0 Å². The molecule has 0 radical (unpaired) electrons. The highest BCUT2D eigenvalue weighted by Gasteiger charge is 2.13. The van der Waals surface area contributed by atoms with Crippen molar-refractivity contribution in [1.82, 2.24) is 5.32 Å². The molecule has 0 aromatic carbocycles. The number of carbonyl (C=O) groups is 2. The number of rotatable bonds is 5. The Balaban J connectivity index is 4.02. The maximum Gasteiger partial charge on any atom is 0.217 e. The zero-order valence-corrected chi connectivity index (χ0v) is 8.89. The number of hydrogen-bond donors (Lipinski definition) is 1. The lowest BCUT2D eigenvalue weighted by Gasteiger charge is -2.18. The standard InChI is InChI=1S/C10H19NO2/c1-7(2)5-10(6-8(3)12)11-9(4)13/h7,10H,5-6H2,1-4H3,(H,11,13). The van der Waals surface area contributed by atoms with Gasteiger partial charge in [-0.25, -0.2) is 0 Å². The monoisotopic (exact) mass is 185 g/mol. The van der Waals surface area contributed by atoms with Crippen molar-refractivity contribution in [2.75, 3.05) is 0 Å². The third kappa shape index (κ3) is 7.50. The normalized spacial score (nSPS) is 12.7. The fourth-order valence-electron chi connectivity index (χ4n) is 1.40. The van der Waals surface area contributed by atoms with E-state index >= 15 is 0 Å². The molecule has 3 nitrogen and oxygen atoms in total. The Morgan fingerprint density at radius 3 is 2.08 bits per heavy atom. The molecule has 0 saturated heterocycles. The Morgan fingerprint density at radius 2 is 1.77 bits per heavy atom. The topological polar surface area (TPSA) is 46.2 Å². The maximum atomic E-state index is 10.9. The van der Waals surface area contributed by atoms with Crippen molar-refractivity contribution in [3.63, 3.8) is 0 Å². The molecule has 1 atom stereocenters. The van der Waals surface area contributed by atoms with E-state index in [0.717, 1.165) is 6.42 Å². The zero-order valence-electron chi connectivity index (χ0n) is 8.89. The summed E-state index contributed by atoms with van der Waals surface area (Å²) in [6, 6.07) is 0.00926. The quantitative estimate of drug-likeness (QED) is 0.705. The Hall–Kier alpha value is -0.860. The maximum absolute atomic E-state index is 10.9. The van der Waals surface area contributed by atoms with Crippen LogP contribution in [0.1, 0.15) is 40.5 Å². The van der Waals surface area contributed by atoms with Crippen LogP contribution in [0.4, 0.5) is 0 Å². The van der Waals surface area contributed by atoms with E-state index in [4.69, 9.17) is 0 Å². The molecule has 76 valence electrons. The molecule has 0 aromatic rings. The molecule has 13 heavy (non-hydrogen) atoms. The van der Waals surface area contributed by atoms with Gasteiger partial charge in [-0.1, -0.05) is 13.8 Å². The van der Waals surface area contributed by atoms with Gasteiger partial charge in [0.05, 0.1) is 0 Å². The van der Waals surface area contributed by atoms with Crippen molar-refractivity contribution in [2.45, 2.75) is 46.6 Å². The van der Waals surface area contributed by atoms with Crippen LogP contribution >= 0.6 is 0 Å². The molecule has 0 heterocycles. The zero-order chi connectivity index (χ0) is 10.4. The van der Waals surface area contributed by atoms with Crippen LogP contribution in [0.5, 0.6) is 0 Å². The van der Waals surface area contributed by atoms with E-state index in [1.807, 2.05) is 0 Å². The van der Waals surface area contributed by atoms with Crippen molar-refractivity contribution in [1.29, 1.82) is 0 Å². The summed E-state index contributed by atoms with van der Waals surface area (Å²) >= 11 is 0. The average molecular weight is 185 g/mol. The van der Waals surface area contributed by atoms with Crippen LogP contribution in [0.15, 0.2) is 0 Å². The van der Waals surface area contributed by atoms with Crippen molar-refractivity contribution < 1.29 is 9.59 Å². The number of Topliss-reactive ketones (excluding diaryl/α,β-unsaturated/α-hetero) is 1. The minimum Gasteiger partial charge on any atom is -0.353 e. The minimum atomic E-state index is -0.0631. The summed E-state index contributed by atoms with van der Waals surface area (Å²) < 4.78 is 0. The molecule has 1 amide bonds. The average Bonchev–Trinajstić information content (AvgIpc) is 1.80. The predicted octanol–water partition coefficient (Wildman–Crippen LogP) is 1.52. The molecule has 3 heteroatoms. The summed E-state index contributed by atoms with van der Waals surface area (Å²) in [5.41, 5.74) is 0. The van der Waals surface area contributed by atoms with Gasteiger partial charge in [-0.15, -0.1) is 0 Å². The summed E-state index contributed by atoms with van der Waals surface area (Å²) in [5.74, 6) is 0.558. The summed E-state index contributed by atoms with van der Waals surface area (Å²) in [6.07, 6.45) is 1.30. The van der Waals surface area contributed by atoms with Crippen LogP contribution in [0, 0.1) is 5.92 Å². The second-order valence-electron chi connectivity index (χ2n) is 3.93. The third-order valence-electron chi connectivity index (χ3n) is 1.70.